The van der Waals surface area contributed by atoms with E-state index in [0.29, 0.717) is 10.4 Å². The number of carbonyl (C=O) groups is 2. The topological polar surface area (TPSA) is 74.6 Å². The van der Waals surface area contributed by atoms with Crippen molar-refractivity contribution in [3.05, 3.63) is 103 Å². The van der Waals surface area contributed by atoms with Gasteiger partial charge in [0.2, 0.25) is 0 Å². The number of carboxylic acids is 2. The Morgan fingerprint density at radius 2 is 1.58 bits per heavy atom. The highest BCUT2D eigenvalue weighted by atomic mass is 19.1. The van der Waals surface area contributed by atoms with Crippen LogP contribution in [0.5, 0.6) is 0 Å². The molecular formula is C27H22F2O4. The zero-order valence-electron chi connectivity index (χ0n) is 18.0. The van der Waals surface area contributed by atoms with E-state index in [0.717, 1.165) is 37.0 Å². The third kappa shape index (κ3) is 4.29. The van der Waals surface area contributed by atoms with E-state index in [-0.39, 0.29) is 16.7 Å². The number of aromatic carboxylic acids is 2. The number of fused-ring (bicyclic) bond motifs is 4. The molecule has 33 heavy (non-hydrogen) atoms. The van der Waals surface area contributed by atoms with Gasteiger partial charge in [-0.2, -0.15) is 0 Å². The molecule has 0 radical (unpaired) electrons. The van der Waals surface area contributed by atoms with Crippen molar-refractivity contribution in [2.45, 2.75) is 32.6 Å². The lowest BCUT2D eigenvalue weighted by Gasteiger charge is -2.16. The van der Waals surface area contributed by atoms with E-state index in [9.17, 15) is 18.4 Å². The lowest BCUT2D eigenvalue weighted by Crippen LogP contribution is -2.21. The molecule has 0 aliphatic heterocycles. The molecule has 3 aromatic rings. The first-order chi connectivity index (χ1) is 15.8. The van der Waals surface area contributed by atoms with Crippen LogP contribution in [0.3, 0.4) is 0 Å². The molecule has 0 saturated heterocycles. The SMILES string of the molecule is Cc1c(C(=O)O)cccc1C(=O)O.Fc1cc(F)c2c(c1)=c1ccc3c(c1CC=2)CCCC=3. The molecule has 6 heteroatoms. The monoisotopic (exact) mass is 448 g/mol. The van der Waals surface area contributed by atoms with Crippen LogP contribution in [-0.4, -0.2) is 22.2 Å². The van der Waals surface area contributed by atoms with E-state index < -0.39 is 23.6 Å². The van der Waals surface area contributed by atoms with E-state index in [4.69, 9.17) is 10.2 Å². The van der Waals surface area contributed by atoms with Crippen LogP contribution in [0.1, 0.15) is 50.2 Å². The van der Waals surface area contributed by atoms with E-state index in [1.165, 1.54) is 47.5 Å². The van der Waals surface area contributed by atoms with Gasteiger partial charge >= 0.3 is 11.9 Å². The highest BCUT2D eigenvalue weighted by molar-refractivity contribution is 5.96. The molecule has 4 nitrogen and oxygen atoms in total. The molecule has 0 bridgehead atoms. The minimum atomic E-state index is -1.11. The average Bonchev–Trinajstić information content (AvgIpc) is 2.78. The first-order valence-electron chi connectivity index (χ1n) is 10.6. The second-order valence-corrected chi connectivity index (χ2v) is 8.10. The second-order valence-electron chi connectivity index (χ2n) is 8.10. The lowest BCUT2D eigenvalue weighted by molar-refractivity contribution is 0.0696. The number of rotatable bonds is 2. The van der Waals surface area contributed by atoms with E-state index >= 15 is 0 Å². The van der Waals surface area contributed by atoms with Crippen LogP contribution in [0.25, 0.3) is 12.2 Å². The second kappa shape index (κ2) is 8.98. The highest BCUT2D eigenvalue weighted by Crippen LogP contribution is 2.18. The molecule has 0 fully saturated rings. The summed E-state index contributed by atoms with van der Waals surface area (Å²) in [4.78, 5) is 21.2. The average molecular weight is 448 g/mol. The van der Waals surface area contributed by atoms with Gasteiger partial charge in [0, 0.05) is 11.3 Å². The maximum absolute atomic E-state index is 13.9. The highest BCUT2D eigenvalue weighted by Gasteiger charge is 2.14. The summed E-state index contributed by atoms with van der Waals surface area (Å²) >= 11 is 0. The van der Waals surface area contributed by atoms with Crippen LogP contribution in [0.4, 0.5) is 8.78 Å². The van der Waals surface area contributed by atoms with E-state index in [1.54, 1.807) is 0 Å². The summed E-state index contributed by atoms with van der Waals surface area (Å²) in [6.07, 6.45) is 8.24. The fraction of sp³-hybridized carbons (Fsp3) is 0.185. The van der Waals surface area contributed by atoms with Crippen molar-refractivity contribution in [2.24, 2.45) is 0 Å². The van der Waals surface area contributed by atoms with Gasteiger partial charge in [0.1, 0.15) is 11.6 Å². The molecule has 2 aliphatic carbocycles. The third-order valence-corrected chi connectivity index (χ3v) is 6.15. The number of halogens is 2. The number of hydrogen-bond donors (Lipinski definition) is 2. The lowest BCUT2D eigenvalue weighted by atomic mass is 9.89. The molecule has 0 spiro atoms. The van der Waals surface area contributed by atoms with Gasteiger partial charge in [-0.25, -0.2) is 18.4 Å². The molecule has 5 rings (SSSR count). The Morgan fingerprint density at radius 3 is 2.24 bits per heavy atom. The fourth-order valence-electron chi connectivity index (χ4n) is 4.54. The maximum atomic E-state index is 13.9. The van der Waals surface area contributed by atoms with Gasteiger partial charge in [-0.15, -0.1) is 0 Å². The van der Waals surface area contributed by atoms with Crippen molar-refractivity contribution in [3.63, 3.8) is 0 Å². The molecule has 2 aliphatic rings. The number of carboxylic acid groups (broad SMARTS) is 2. The Kier molecular flexibility index (Phi) is 6.09. The van der Waals surface area contributed by atoms with Gasteiger partial charge in [0.05, 0.1) is 11.1 Å². The molecule has 0 amide bonds. The normalized spacial score (nSPS) is 13.2. The summed E-state index contributed by atoms with van der Waals surface area (Å²) < 4.78 is 27.4. The molecule has 3 aromatic carbocycles. The van der Waals surface area contributed by atoms with Crippen molar-refractivity contribution < 1.29 is 28.6 Å². The molecule has 168 valence electrons. The summed E-state index contributed by atoms with van der Waals surface area (Å²) in [5.74, 6) is -3.19. The van der Waals surface area contributed by atoms with Gasteiger partial charge in [0.15, 0.2) is 0 Å². The molecule has 0 unspecified atom stereocenters. The van der Waals surface area contributed by atoms with E-state index in [2.05, 4.69) is 12.1 Å². The van der Waals surface area contributed by atoms with Crippen LogP contribution < -0.4 is 10.4 Å². The zero-order chi connectivity index (χ0) is 23.7. The standard InChI is InChI=1S/C18H14F2.C9H8O4/c19-12-9-17-15-6-5-11-3-1-2-4-13(11)14(15)7-8-16(17)18(20)10-12;1-5-6(8(10)11)3-2-4-7(5)9(12)13/h3,5-6,8-10H,1-2,4,7H2;2-4H,1H3,(H,10,11)(H,12,13). The summed E-state index contributed by atoms with van der Waals surface area (Å²) in [6.45, 7) is 1.48. The summed E-state index contributed by atoms with van der Waals surface area (Å²) in [5, 5.41) is 20.9. The summed E-state index contributed by atoms with van der Waals surface area (Å²) in [6, 6.07) is 10.7. The number of benzene rings is 3. The van der Waals surface area contributed by atoms with Crippen molar-refractivity contribution >= 4 is 24.1 Å². The Bertz CT molecular complexity index is 1470. The molecule has 0 atom stereocenters. The minimum Gasteiger partial charge on any atom is -0.478 e. The molecule has 2 N–H and O–H groups in total. The first kappa shape index (κ1) is 22.4. The van der Waals surface area contributed by atoms with Gasteiger partial charge < -0.3 is 10.2 Å². The van der Waals surface area contributed by atoms with E-state index in [1.807, 2.05) is 12.1 Å². The van der Waals surface area contributed by atoms with Gasteiger partial charge in [-0.3, -0.25) is 0 Å². The van der Waals surface area contributed by atoms with Crippen molar-refractivity contribution in [2.75, 3.05) is 0 Å². The number of hydrogen-bond acceptors (Lipinski definition) is 2. The smallest absolute Gasteiger partial charge is 0.335 e. The quantitative estimate of drug-likeness (QED) is 0.619. The molecular weight excluding hydrogens is 426 g/mol. The van der Waals surface area contributed by atoms with Gasteiger partial charge in [-0.1, -0.05) is 30.4 Å². The zero-order valence-corrected chi connectivity index (χ0v) is 18.0. The Balaban J connectivity index is 0.000000174. The van der Waals surface area contributed by atoms with Crippen LogP contribution in [0.2, 0.25) is 0 Å². The minimum absolute atomic E-state index is 0.0277. The fourth-order valence-corrected chi connectivity index (χ4v) is 4.54. The molecule has 0 aromatic heterocycles. The molecule has 0 saturated carbocycles. The van der Waals surface area contributed by atoms with Gasteiger partial charge in [0.25, 0.3) is 0 Å². The summed E-state index contributed by atoms with van der Waals surface area (Å²) in [5.41, 5.74) is 2.94. The Hall–Kier alpha value is -3.80. The summed E-state index contributed by atoms with van der Waals surface area (Å²) in [7, 11) is 0. The molecule has 0 heterocycles. The van der Waals surface area contributed by atoms with Crippen molar-refractivity contribution in [1.29, 1.82) is 0 Å². The largest absolute Gasteiger partial charge is 0.478 e. The first-order valence-corrected chi connectivity index (χ1v) is 10.6. The van der Waals surface area contributed by atoms with Crippen molar-refractivity contribution in [1.82, 2.24) is 0 Å². The predicted octanol–water partition coefficient (Wildman–Crippen LogP) is 4.10. The van der Waals surface area contributed by atoms with Gasteiger partial charge in [-0.05, 0) is 83.2 Å². The van der Waals surface area contributed by atoms with Crippen LogP contribution in [0, 0.1) is 29.0 Å². The maximum Gasteiger partial charge on any atom is 0.335 e. The Labute approximate surface area is 188 Å². The van der Waals surface area contributed by atoms with Crippen molar-refractivity contribution in [3.8, 4) is 0 Å². The van der Waals surface area contributed by atoms with Crippen LogP contribution >= 0.6 is 0 Å². The van der Waals surface area contributed by atoms with Crippen LogP contribution in [0.15, 0.2) is 42.5 Å². The third-order valence-electron chi connectivity index (χ3n) is 6.15. The Morgan fingerprint density at radius 1 is 0.879 bits per heavy atom. The predicted molar refractivity (Wildman–Crippen MR) is 120 cm³/mol. The van der Waals surface area contributed by atoms with Crippen LogP contribution in [-0.2, 0) is 12.8 Å².